The molecular formula is C23H24ClN3O. The van der Waals surface area contributed by atoms with Crippen LogP contribution < -0.4 is 5.32 Å². The van der Waals surface area contributed by atoms with Gasteiger partial charge in [0, 0.05) is 17.5 Å². The van der Waals surface area contributed by atoms with E-state index in [2.05, 4.69) is 40.7 Å². The van der Waals surface area contributed by atoms with E-state index < -0.39 is 0 Å². The Morgan fingerprint density at radius 3 is 2.89 bits per heavy atom. The van der Waals surface area contributed by atoms with Gasteiger partial charge in [0.25, 0.3) is 0 Å². The minimum Gasteiger partial charge on any atom is -0.351 e. The number of allylic oxidation sites excluding steroid dienone is 4. The summed E-state index contributed by atoms with van der Waals surface area (Å²) in [5.74, 6) is 0.699. The molecule has 2 aliphatic rings. The second-order valence-corrected chi connectivity index (χ2v) is 7.92. The fourth-order valence-electron chi connectivity index (χ4n) is 3.98. The predicted octanol–water partition coefficient (Wildman–Crippen LogP) is 5.70. The summed E-state index contributed by atoms with van der Waals surface area (Å²) in [6.07, 6.45) is 15.4. The molecule has 5 heteroatoms. The van der Waals surface area contributed by atoms with Gasteiger partial charge in [-0.25, -0.2) is 9.97 Å². The lowest BCUT2D eigenvalue weighted by Gasteiger charge is -2.26. The lowest BCUT2D eigenvalue weighted by atomic mass is 9.87. The van der Waals surface area contributed by atoms with Gasteiger partial charge in [-0.1, -0.05) is 54.4 Å². The molecule has 1 saturated carbocycles. The largest absolute Gasteiger partial charge is 0.351 e. The third kappa shape index (κ3) is 4.33. The first-order valence-corrected chi connectivity index (χ1v) is 10.3. The number of anilines is 1. The number of benzene rings is 1. The number of hydrogen-bond donors (Lipinski definition) is 1. The van der Waals surface area contributed by atoms with Crippen LogP contribution in [0.25, 0.3) is 16.8 Å². The van der Waals surface area contributed by atoms with Crippen molar-refractivity contribution in [2.24, 2.45) is 5.92 Å². The lowest BCUT2D eigenvalue weighted by molar-refractivity contribution is -0.111. The molecule has 1 fully saturated rings. The Morgan fingerprint density at radius 2 is 2.07 bits per heavy atom. The van der Waals surface area contributed by atoms with Crippen molar-refractivity contribution >= 4 is 29.4 Å². The molecule has 2 atom stereocenters. The molecule has 144 valence electrons. The summed E-state index contributed by atoms with van der Waals surface area (Å²) < 4.78 is 0. The number of nitrogens with zero attached hydrogens (tertiary/aromatic N) is 2. The van der Waals surface area contributed by atoms with E-state index in [-0.39, 0.29) is 12.0 Å². The molecule has 2 aliphatic carbocycles. The van der Waals surface area contributed by atoms with Crippen LogP contribution >= 0.6 is 11.6 Å². The van der Waals surface area contributed by atoms with Gasteiger partial charge in [-0.2, -0.15) is 0 Å². The highest BCUT2D eigenvalue weighted by atomic mass is 35.5. The molecular weight excluding hydrogens is 370 g/mol. The Hall–Kier alpha value is -2.46. The van der Waals surface area contributed by atoms with Crippen LogP contribution in [0.5, 0.6) is 0 Å². The van der Waals surface area contributed by atoms with Crippen LogP contribution in [0.2, 0.25) is 5.02 Å². The molecule has 2 unspecified atom stereocenters. The van der Waals surface area contributed by atoms with Gasteiger partial charge < -0.3 is 10.1 Å². The van der Waals surface area contributed by atoms with E-state index in [4.69, 9.17) is 16.6 Å². The Morgan fingerprint density at radius 1 is 1.18 bits per heavy atom. The molecule has 1 aromatic carbocycles. The molecule has 0 amide bonds. The maximum atomic E-state index is 11.1. The summed E-state index contributed by atoms with van der Waals surface area (Å²) in [6.45, 7) is 0. The zero-order valence-electron chi connectivity index (χ0n) is 15.8. The molecule has 28 heavy (non-hydrogen) atoms. The average molecular weight is 394 g/mol. The monoisotopic (exact) mass is 393 g/mol. The molecule has 1 N–H and O–H groups in total. The maximum Gasteiger partial charge on any atom is 0.223 e. The van der Waals surface area contributed by atoms with Crippen LogP contribution in [0, 0.1) is 5.92 Å². The standard InChI is InChI=1S/C23H24ClN3O/c24-21-14-25-23(26-20-11-4-6-16(12-20)15-28)27-22(21)19-10-5-9-18(13-19)17-7-2-1-3-8-17/h2,5,7-10,13-16,20H,1,3-4,6,11-12H2,(H,25,26,27). The van der Waals surface area contributed by atoms with Gasteiger partial charge in [0.15, 0.2) is 0 Å². The first kappa shape index (κ1) is 18.9. The summed E-state index contributed by atoms with van der Waals surface area (Å²) in [4.78, 5) is 20.2. The van der Waals surface area contributed by atoms with Crippen LogP contribution in [-0.4, -0.2) is 22.3 Å². The molecule has 0 saturated heterocycles. The van der Waals surface area contributed by atoms with Gasteiger partial charge >= 0.3 is 0 Å². The van der Waals surface area contributed by atoms with Crippen molar-refractivity contribution in [2.75, 3.05) is 5.32 Å². The van der Waals surface area contributed by atoms with Gasteiger partial charge in [-0.3, -0.25) is 0 Å². The highest BCUT2D eigenvalue weighted by Gasteiger charge is 2.22. The maximum absolute atomic E-state index is 11.1. The zero-order valence-corrected chi connectivity index (χ0v) is 16.5. The molecule has 0 spiro atoms. The van der Waals surface area contributed by atoms with Crippen molar-refractivity contribution in [1.29, 1.82) is 0 Å². The van der Waals surface area contributed by atoms with E-state index in [9.17, 15) is 4.79 Å². The quantitative estimate of drug-likeness (QED) is 0.662. The predicted molar refractivity (Wildman–Crippen MR) is 114 cm³/mol. The summed E-state index contributed by atoms with van der Waals surface area (Å²) in [6, 6.07) is 8.53. The molecule has 0 radical (unpaired) electrons. The van der Waals surface area contributed by atoms with E-state index in [1.807, 2.05) is 12.1 Å². The van der Waals surface area contributed by atoms with Crippen LogP contribution in [0.15, 0.2) is 48.7 Å². The number of aldehydes is 1. The van der Waals surface area contributed by atoms with Gasteiger partial charge in [-0.05, 0) is 49.3 Å². The number of aromatic nitrogens is 2. The fraction of sp³-hybridized carbons (Fsp3) is 0.348. The Bertz CT molecular complexity index is 922. The minimum absolute atomic E-state index is 0.131. The van der Waals surface area contributed by atoms with Gasteiger partial charge in [0.2, 0.25) is 5.95 Å². The average Bonchev–Trinajstić information content (AvgIpc) is 2.76. The molecule has 4 rings (SSSR count). The molecule has 0 bridgehead atoms. The van der Waals surface area contributed by atoms with E-state index in [1.165, 1.54) is 11.1 Å². The smallest absolute Gasteiger partial charge is 0.223 e. The Kier molecular flexibility index (Phi) is 5.87. The minimum atomic E-state index is 0.131. The van der Waals surface area contributed by atoms with Crippen molar-refractivity contribution in [3.8, 4) is 11.3 Å². The van der Waals surface area contributed by atoms with E-state index in [1.54, 1.807) is 6.20 Å². The highest BCUT2D eigenvalue weighted by molar-refractivity contribution is 6.32. The molecule has 1 heterocycles. The van der Waals surface area contributed by atoms with Gasteiger partial charge in [-0.15, -0.1) is 0 Å². The molecule has 1 aromatic heterocycles. The first-order chi connectivity index (χ1) is 13.7. The summed E-state index contributed by atoms with van der Waals surface area (Å²) in [5.41, 5.74) is 4.10. The van der Waals surface area contributed by atoms with Crippen molar-refractivity contribution in [1.82, 2.24) is 9.97 Å². The number of carbonyl (C=O) groups excluding carboxylic acids is 1. The van der Waals surface area contributed by atoms with Crippen molar-refractivity contribution < 1.29 is 4.79 Å². The van der Waals surface area contributed by atoms with E-state index >= 15 is 0 Å². The zero-order chi connectivity index (χ0) is 19.3. The van der Waals surface area contributed by atoms with Crippen molar-refractivity contribution in [2.45, 2.75) is 44.6 Å². The fourth-order valence-corrected chi connectivity index (χ4v) is 4.18. The van der Waals surface area contributed by atoms with E-state index in [0.717, 1.165) is 56.1 Å². The number of hydrogen-bond acceptors (Lipinski definition) is 4. The first-order valence-electron chi connectivity index (χ1n) is 9.95. The second-order valence-electron chi connectivity index (χ2n) is 7.51. The second kappa shape index (κ2) is 8.70. The van der Waals surface area contributed by atoms with Crippen LogP contribution in [0.3, 0.4) is 0 Å². The Labute approximate surface area is 170 Å². The third-order valence-corrected chi connectivity index (χ3v) is 5.73. The number of carbonyl (C=O) groups is 1. The highest BCUT2D eigenvalue weighted by Crippen LogP contribution is 2.31. The van der Waals surface area contributed by atoms with Crippen LogP contribution in [0.1, 0.15) is 44.1 Å². The van der Waals surface area contributed by atoms with Gasteiger partial charge in [0.05, 0.1) is 16.9 Å². The summed E-state index contributed by atoms with van der Waals surface area (Å²) in [5, 5.41) is 3.93. The molecule has 0 aliphatic heterocycles. The van der Waals surface area contributed by atoms with Crippen molar-refractivity contribution in [3.63, 3.8) is 0 Å². The Balaban J connectivity index is 1.58. The van der Waals surface area contributed by atoms with Crippen LogP contribution in [-0.2, 0) is 4.79 Å². The SMILES string of the molecule is O=CC1CCCC(Nc2ncc(Cl)c(-c3cccc(C4=CCCC=C4)c3)n2)C1. The topological polar surface area (TPSA) is 54.9 Å². The molecule has 4 nitrogen and oxygen atoms in total. The van der Waals surface area contributed by atoms with E-state index in [0.29, 0.717) is 11.0 Å². The number of rotatable bonds is 5. The summed E-state index contributed by atoms with van der Waals surface area (Å²) in [7, 11) is 0. The summed E-state index contributed by atoms with van der Waals surface area (Å²) >= 11 is 6.43. The van der Waals surface area contributed by atoms with Crippen LogP contribution in [0.4, 0.5) is 5.95 Å². The number of halogens is 1. The van der Waals surface area contributed by atoms with Gasteiger partial charge in [0.1, 0.15) is 6.29 Å². The normalized spacial score (nSPS) is 21.8. The molecule has 2 aromatic rings. The third-order valence-electron chi connectivity index (χ3n) is 5.45. The number of nitrogens with one attached hydrogen (secondary N) is 1. The van der Waals surface area contributed by atoms with Crippen molar-refractivity contribution in [3.05, 3.63) is 59.3 Å². The lowest BCUT2D eigenvalue weighted by Crippen LogP contribution is -2.28.